The van der Waals surface area contributed by atoms with E-state index >= 15 is 0 Å². The molecule has 3 rings (SSSR count). The second-order valence-electron chi connectivity index (χ2n) is 5.80. The topological polar surface area (TPSA) is 111 Å². The fourth-order valence-corrected chi connectivity index (χ4v) is 3.03. The number of rotatable bonds is 6. The maximum absolute atomic E-state index is 12.1. The van der Waals surface area contributed by atoms with Gasteiger partial charge in [-0.2, -0.15) is 0 Å². The lowest BCUT2D eigenvalue weighted by Gasteiger charge is -2.09. The summed E-state index contributed by atoms with van der Waals surface area (Å²) in [6, 6.07) is 13.1. The summed E-state index contributed by atoms with van der Waals surface area (Å²) in [7, 11) is 0. The van der Waals surface area contributed by atoms with E-state index in [9.17, 15) is 19.7 Å². The number of nitrogens with zero attached hydrogens (tertiary/aromatic N) is 2. The van der Waals surface area contributed by atoms with Gasteiger partial charge in [0.1, 0.15) is 0 Å². The first-order valence-corrected chi connectivity index (χ1v) is 8.95. The first-order chi connectivity index (χ1) is 13.4. The lowest BCUT2D eigenvalue weighted by molar-refractivity contribution is -0.384. The van der Waals surface area contributed by atoms with E-state index in [1.54, 1.807) is 12.3 Å². The number of halogens is 1. The Balaban J connectivity index is 1.57. The molecule has 28 heavy (non-hydrogen) atoms. The number of aromatic nitrogens is 1. The Kier molecular flexibility index (Phi) is 5.95. The number of para-hydroxylation sites is 1. The van der Waals surface area contributed by atoms with E-state index in [4.69, 9.17) is 4.74 Å². The van der Waals surface area contributed by atoms with Gasteiger partial charge in [0.2, 0.25) is 0 Å². The van der Waals surface area contributed by atoms with Gasteiger partial charge in [-0.05, 0) is 33.6 Å². The normalized spacial score (nSPS) is 10.5. The molecule has 1 N–H and O–H groups in total. The van der Waals surface area contributed by atoms with Crippen LogP contribution in [0.25, 0.3) is 10.9 Å². The number of amides is 1. The van der Waals surface area contributed by atoms with Gasteiger partial charge in [0.25, 0.3) is 11.6 Å². The van der Waals surface area contributed by atoms with Crippen molar-refractivity contribution in [3.63, 3.8) is 0 Å². The molecule has 0 saturated heterocycles. The largest absolute Gasteiger partial charge is 0.455 e. The Morgan fingerprint density at radius 3 is 2.71 bits per heavy atom. The maximum Gasteiger partial charge on any atom is 0.310 e. The van der Waals surface area contributed by atoms with E-state index in [1.165, 1.54) is 18.2 Å². The Bertz CT molecular complexity index is 1070. The zero-order valence-corrected chi connectivity index (χ0v) is 16.0. The van der Waals surface area contributed by atoms with Crippen LogP contribution in [0.4, 0.5) is 11.4 Å². The van der Waals surface area contributed by atoms with E-state index in [2.05, 4.69) is 26.2 Å². The lowest BCUT2D eigenvalue weighted by Crippen LogP contribution is -2.22. The molecule has 2 aromatic carbocycles. The van der Waals surface area contributed by atoms with Crippen LogP contribution in [0.15, 0.2) is 59.2 Å². The van der Waals surface area contributed by atoms with Crippen molar-refractivity contribution in [2.75, 3.05) is 11.9 Å². The van der Waals surface area contributed by atoms with Crippen LogP contribution >= 0.6 is 15.9 Å². The molecule has 0 bridgehead atoms. The molecule has 0 spiro atoms. The Morgan fingerprint density at radius 2 is 1.96 bits per heavy atom. The number of benzene rings is 2. The van der Waals surface area contributed by atoms with Crippen LogP contribution in [0, 0.1) is 10.1 Å². The van der Waals surface area contributed by atoms with Crippen LogP contribution in [0.3, 0.4) is 0 Å². The number of nitro groups is 1. The standard InChI is InChI=1S/C19H14BrN3O5/c20-15-10-14(23(26)27)6-7-16(15)22-17(24)11-28-18(25)9-13-4-1-3-12-5-2-8-21-19(12)13/h1-8,10H,9,11H2,(H,22,24). The van der Waals surface area contributed by atoms with E-state index in [1.807, 2.05) is 24.3 Å². The minimum atomic E-state index is -0.559. The molecule has 1 aromatic heterocycles. The molecule has 0 radical (unpaired) electrons. The Hall–Kier alpha value is -3.33. The molecule has 0 aliphatic rings. The van der Waals surface area contributed by atoms with Crippen molar-refractivity contribution in [3.8, 4) is 0 Å². The predicted octanol–water partition coefficient (Wildman–Crippen LogP) is 3.63. The molecule has 0 aliphatic heterocycles. The van der Waals surface area contributed by atoms with Crippen molar-refractivity contribution in [2.24, 2.45) is 0 Å². The summed E-state index contributed by atoms with van der Waals surface area (Å²) in [6.45, 7) is -0.472. The third-order valence-electron chi connectivity index (χ3n) is 3.85. The number of anilines is 1. The zero-order valence-electron chi connectivity index (χ0n) is 14.4. The molecule has 0 saturated carbocycles. The van der Waals surface area contributed by atoms with Gasteiger partial charge in [0, 0.05) is 28.2 Å². The van der Waals surface area contributed by atoms with Gasteiger partial charge in [-0.1, -0.05) is 24.3 Å². The molecule has 0 aliphatic carbocycles. The smallest absolute Gasteiger partial charge is 0.310 e. The summed E-state index contributed by atoms with van der Waals surface area (Å²) < 4.78 is 5.38. The second-order valence-corrected chi connectivity index (χ2v) is 6.65. The number of hydrogen-bond acceptors (Lipinski definition) is 6. The van der Waals surface area contributed by atoms with Crippen molar-refractivity contribution < 1.29 is 19.2 Å². The van der Waals surface area contributed by atoms with Crippen LogP contribution in [0.5, 0.6) is 0 Å². The molecule has 3 aromatic rings. The van der Waals surface area contributed by atoms with Gasteiger partial charge >= 0.3 is 5.97 Å². The number of ether oxygens (including phenoxy) is 1. The highest BCUT2D eigenvalue weighted by molar-refractivity contribution is 9.10. The molecule has 1 heterocycles. The van der Waals surface area contributed by atoms with Crippen molar-refractivity contribution in [1.29, 1.82) is 0 Å². The van der Waals surface area contributed by atoms with E-state index < -0.39 is 23.4 Å². The zero-order chi connectivity index (χ0) is 20.1. The van der Waals surface area contributed by atoms with Crippen LogP contribution in [0.1, 0.15) is 5.56 Å². The van der Waals surface area contributed by atoms with E-state index in [0.717, 1.165) is 5.39 Å². The number of carbonyl (C=O) groups excluding carboxylic acids is 2. The molecular weight excluding hydrogens is 430 g/mol. The SMILES string of the molecule is O=C(COC(=O)Cc1cccc2cccnc12)Nc1ccc([N+](=O)[O-])cc1Br. The molecule has 142 valence electrons. The van der Waals surface area contributed by atoms with Crippen molar-refractivity contribution in [1.82, 2.24) is 4.98 Å². The molecule has 9 heteroatoms. The lowest BCUT2D eigenvalue weighted by atomic mass is 10.1. The summed E-state index contributed by atoms with van der Waals surface area (Å²) in [5, 5.41) is 14.2. The summed E-state index contributed by atoms with van der Waals surface area (Å²) in [6.07, 6.45) is 1.63. The van der Waals surface area contributed by atoms with Crippen LogP contribution in [-0.4, -0.2) is 28.4 Å². The highest BCUT2D eigenvalue weighted by atomic mass is 79.9. The van der Waals surface area contributed by atoms with Crippen LogP contribution < -0.4 is 5.32 Å². The third-order valence-corrected chi connectivity index (χ3v) is 4.51. The van der Waals surface area contributed by atoms with E-state index in [0.29, 0.717) is 21.2 Å². The average Bonchev–Trinajstić information content (AvgIpc) is 2.68. The second kappa shape index (κ2) is 8.57. The highest BCUT2D eigenvalue weighted by Crippen LogP contribution is 2.27. The number of pyridine rings is 1. The Labute approximate surface area is 167 Å². The van der Waals surface area contributed by atoms with Gasteiger partial charge in [-0.3, -0.25) is 24.7 Å². The number of nitro benzene ring substituents is 1. The summed E-state index contributed by atoms with van der Waals surface area (Å²) >= 11 is 3.16. The van der Waals surface area contributed by atoms with Crippen molar-refractivity contribution in [3.05, 3.63) is 74.9 Å². The van der Waals surface area contributed by atoms with Gasteiger partial charge in [0.05, 0.1) is 22.5 Å². The summed E-state index contributed by atoms with van der Waals surface area (Å²) in [5.74, 6) is -1.12. The van der Waals surface area contributed by atoms with Crippen LogP contribution in [0.2, 0.25) is 0 Å². The minimum absolute atomic E-state index is 0.0111. The van der Waals surface area contributed by atoms with Gasteiger partial charge < -0.3 is 10.1 Å². The van der Waals surface area contributed by atoms with Gasteiger partial charge in [0.15, 0.2) is 6.61 Å². The number of nitrogens with one attached hydrogen (secondary N) is 1. The first kappa shape index (κ1) is 19.4. The van der Waals surface area contributed by atoms with E-state index in [-0.39, 0.29) is 12.1 Å². The summed E-state index contributed by atoms with van der Waals surface area (Å²) in [4.78, 5) is 38.5. The fraction of sp³-hybridized carbons (Fsp3) is 0.105. The predicted molar refractivity (Wildman–Crippen MR) is 106 cm³/mol. The van der Waals surface area contributed by atoms with Gasteiger partial charge in [-0.15, -0.1) is 0 Å². The summed E-state index contributed by atoms with van der Waals surface area (Å²) in [5.41, 5.74) is 1.65. The average molecular weight is 444 g/mol. The number of carbonyl (C=O) groups is 2. The molecule has 0 unspecified atom stereocenters. The number of non-ortho nitro benzene ring substituents is 1. The maximum atomic E-state index is 12.1. The molecule has 0 fully saturated rings. The monoisotopic (exact) mass is 443 g/mol. The number of esters is 1. The Morgan fingerprint density at radius 1 is 1.18 bits per heavy atom. The molecule has 8 nitrogen and oxygen atoms in total. The highest BCUT2D eigenvalue weighted by Gasteiger charge is 2.14. The minimum Gasteiger partial charge on any atom is -0.455 e. The van der Waals surface area contributed by atoms with Gasteiger partial charge in [-0.25, -0.2) is 0 Å². The first-order valence-electron chi connectivity index (χ1n) is 8.16. The molecule has 1 amide bonds. The quantitative estimate of drug-likeness (QED) is 0.353. The van der Waals surface area contributed by atoms with Crippen LogP contribution in [-0.2, 0) is 20.7 Å². The fourth-order valence-electron chi connectivity index (χ4n) is 2.57. The van der Waals surface area contributed by atoms with Crippen molar-refractivity contribution >= 4 is 50.1 Å². The number of hydrogen-bond donors (Lipinski definition) is 1. The number of fused-ring (bicyclic) bond motifs is 1. The third kappa shape index (κ3) is 4.68. The van der Waals surface area contributed by atoms with Crippen molar-refractivity contribution in [2.45, 2.75) is 6.42 Å². The molecule has 0 atom stereocenters. The molecular formula is C19H14BrN3O5.